The molecular formula is C27H30N2O3. The molecule has 1 amide bonds. The number of benzene rings is 3. The minimum absolute atomic E-state index is 0.00779. The largest absolute Gasteiger partial charge is 0.491 e. The molecule has 5 nitrogen and oxygen atoms in total. The SMILES string of the molecule is CC(C)Oc1ccc(/C=N/NC(=O)C(c2ccccc2)c2ccccc2)c(OC(C)C)c1. The van der Waals surface area contributed by atoms with Gasteiger partial charge in [-0.3, -0.25) is 4.79 Å². The molecule has 0 atom stereocenters. The van der Waals surface area contributed by atoms with E-state index in [1.165, 1.54) is 0 Å². The summed E-state index contributed by atoms with van der Waals surface area (Å²) in [4.78, 5) is 13.1. The third-order valence-corrected chi connectivity index (χ3v) is 4.63. The van der Waals surface area contributed by atoms with Crippen LogP contribution in [0.2, 0.25) is 0 Å². The highest BCUT2D eigenvalue weighted by atomic mass is 16.5. The van der Waals surface area contributed by atoms with Crippen molar-refractivity contribution < 1.29 is 14.3 Å². The minimum Gasteiger partial charge on any atom is -0.491 e. The normalized spacial score (nSPS) is 11.3. The van der Waals surface area contributed by atoms with Crippen molar-refractivity contribution in [2.75, 3.05) is 0 Å². The van der Waals surface area contributed by atoms with Gasteiger partial charge in [-0.25, -0.2) is 5.43 Å². The number of ether oxygens (including phenoxy) is 2. The average Bonchev–Trinajstić information content (AvgIpc) is 2.76. The van der Waals surface area contributed by atoms with Gasteiger partial charge in [-0.2, -0.15) is 5.10 Å². The van der Waals surface area contributed by atoms with Crippen LogP contribution < -0.4 is 14.9 Å². The fraction of sp³-hybridized carbons (Fsp3) is 0.259. The first-order valence-corrected chi connectivity index (χ1v) is 10.8. The molecule has 0 aromatic heterocycles. The molecule has 0 saturated heterocycles. The van der Waals surface area contributed by atoms with Gasteiger partial charge in [-0.05, 0) is 51.0 Å². The van der Waals surface area contributed by atoms with E-state index in [0.717, 1.165) is 22.4 Å². The Balaban J connectivity index is 1.81. The Kier molecular flexibility index (Phi) is 8.03. The third kappa shape index (κ3) is 6.45. The second-order valence-corrected chi connectivity index (χ2v) is 8.02. The lowest BCUT2D eigenvalue weighted by atomic mass is 9.91. The van der Waals surface area contributed by atoms with Crippen LogP contribution >= 0.6 is 0 Å². The molecule has 3 rings (SSSR count). The molecule has 0 aliphatic carbocycles. The van der Waals surface area contributed by atoms with Crippen LogP contribution in [0.25, 0.3) is 0 Å². The number of hydrazone groups is 1. The number of nitrogens with zero attached hydrogens (tertiary/aromatic N) is 1. The van der Waals surface area contributed by atoms with Gasteiger partial charge < -0.3 is 9.47 Å². The molecule has 0 saturated carbocycles. The Bertz CT molecular complexity index is 992. The van der Waals surface area contributed by atoms with Gasteiger partial charge in [0.2, 0.25) is 0 Å². The summed E-state index contributed by atoms with van der Waals surface area (Å²) >= 11 is 0. The molecule has 0 aliphatic rings. The van der Waals surface area contributed by atoms with E-state index in [1.54, 1.807) is 6.21 Å². The van der Waals surface area contributed by atoms with Gasteiger partial charge in [0.1, 0.15) is 11.5 Å². The maximum Gasteiger partial charge on any atom is 0.252 e. The Morgan fingerprint density at radius 3 is 1.91 bits per heavy atom. The number of nitrogens with one attached hydrogen (secondary N) is 1. The Morgan fingerprint density at radius 2 is 1.38 bits per heavy atom. The first-order valence-electron chi connectivity index (χ1n) is 10.8. The molecule has 0 unspecified atom stereocenters. The third-order valence-electron chi connectivity index (χ3n) is 4.63. The molecule has 3 aromatic carbocycles. The number of carbonyl (C=O) groups excluding carboxylic acids is 1. The molecule has 0 radical (unpaired) electrons. The number of carbonyl (C=O) groups is 1. The van der Waals surface area contributed by atoms with Gasteiger partial charge in [0.05, 0.1) is 24.3 Å². The average molecular weight is 431 g/mol. The van der Waals surface area contributed by atoms with Crippen LogP contribution in [0.15, 0.2) is 84.0 Å². The van der Waals surface area contributed by atoms with Crippen LogP contribution in [0, 0.1) is 0 Å². The monoisotopic (exact) mass is 430 g/mol. The Labute approximate surface area is 190 Å². The maximum atomic E-state index is 13.1. The van der Waals surface area contributed by atoms with Crippen LogP contribution in [0.3, 0.4) is 0 Å². The van der Waals surface area contributed by atoms with Gasteiger partial charge in [-0.1, -0.05) is 60.7 Å². The summed E-state index contributed by atoms with van der Waals surface area (Å²) in [6.45, 7) is 7.87. The summed E-state index contributed by atoms with van der Waals surface area (Å²) in [5, 5.41) is 4.23. The Hall–Kier alpha value is -3.60. The molecular weight excluding hydrogens is 400 g/mol. The first-order chi connectivity index (χ1) is 15.4. The molecule has 0 aliphatic heterocycles. The lowest BCUT2D eigenvalue weighted by molar-refractivity contribution is -0.121. The zero-order chi connectivity index (χ0) is 22.9. The molecule has 0 heterocycles. The minimum atomic E-state index is -0.456. The van der Waals surface area contributed by atoms with Gasteiger partial charge in [0, 0.05) is 11.6 Å². The van der Waals surface area contributed by atoms with Gasteiger partial charge in [0.25, 0.3) is 5.91 Å². The zero-order valence-corrected chi connectivity index (χ0v) is 19.0. The predicted octanol–water partition coefficient (Wildman–Crippen LogP) is 5.54. The topological polar surface area (TPSA) is 59.9 Å². The van der Waals surface area contributed by atoms with Crippen molar-refractivity contribution in [3.8, 4) is 11.5 Å². The van der Waals surface area contributed by atoms with Crippen LogP contribution in [0.4, 0.5) is 0 Å². The van der Waals surface area contributed by atoms with Gasteiger partial charge >= 0.3 is 0 Å². The predicted molar refractivity (Wildman–Crippen MR) is 128 cm³/mol. The molecule has 5 heteroatoms. The van der Waals surface area contributed by atoms with E-state index in [-0.39, 0.29) is 18.1 Å². The van der Waals surface area contributed by atoms with Crippen LogP contribution in [-0.4, -0.2) is 24.3 Å². The fourth-order valence-electron chi connectivity index (χ4n) is 3.34. The summed E-state index contributed by atoms with van der Waals surface area (Å²) in [7, 11) is 0. The van der Waals surface area contributed by atoms with E-state index >= 15 is 0 Å². The van der Waals surface area contributed by atoms with Crippen molar-refractivity contribution in [3.63, 3.8) is 0 Å². The van der Waals surface area contributed by atoms with Crippen molar-refractivity contribution in [2.45, 2.75) is 45.8 Å². The second kappa shape index (κ2) is 11.1. The van der Waals surface area contributed by atoms with Crippen molar-refractivity contribution in [3.05, 3.63) is 95.6 Å². The Morgan fingerprint density at radius 1 is 0.812 bits per heavy atom. The summed E-state index contributed by atoms with van der Waals surface area (Å²) in [5.74, 6) is 0.719. The smallest absolute Gasteiger partial charge is 0.252 e. The molecule has 3 aromatic rings. The number of hydrogen-bond acceptors (Lipinski definition) is 4. The van der Waals surface area contributed by atoms with Gasteiger partial charge in [-0.15, -0.1) is 0 Å². The summed E-state index contributed by atoms with van der Waals surface area (Å²) in [5.41, 5.74) is 5.27. The van der Waals surface area contributed by atoms with Crippen molar-refractivity contribution in [2.24, 2.45) is 5.10 Å². The molecule has 0 fully saturated rings. The number of hydrogen-bond donors (Lipinski definition) is 1. The van der Waals surface area contributed by atoms with Crippen molar-refractivity contribution in [1.82, 2.24) is 5.43 Å². The van der Waals surface area contributed by atoms with Crippen LogP contribution in [0.5, 0.6) is 11.5 Å². The van der Waals surface area contributed by atoms with Crippen LogP contribution in [0.1, 0.15) is 50.3 Å². The van der Waals surface area contributed by atoms with E-state index in [0.29, 0.717) is 5.75 Å². The van der Waals surface area contributed by atoms with Crippen molar-refractivity contribution >= 4 is 12.1 Å². The lowest BCUT2D eigenvalue weighted by Gasteiger charge is -2.17. The standard InChI is InChI=1S/C27H30N2O3/c1-19(2)31-24-16-15-23(25(17-24)32-20(3)4)18-28-29-27(30)26(21-11-7-5-8-12-21)22-13-9-6-10-14-22/h5-20,26H,1-4H3,(H,29,30)/b28-18+. The lowest BCUT2D eigenvalue weighted by Crippen LogP contribution is -2.26. The summed E-state index contributed by atoms with van der Waals surface area (Å²) < 4.78 is 11.7. The highest BCUT2D eigenvalue weighted by Gasteiger charge is 2.22. The quantitative estimate of drug-likeness (QED) is 0.358. The number of rotatable bonds is 9. The zero-order valence-electron chi connectivity index (χ0n) is 19.0. The van der Waals surface area contributed by atoms with E-state index in [1.807, 2.05) is 107 Å². The number of amides is 1. The van der Waals surface area contributed by atoms with Crippen molar-refractivity contribution in [1.29, 1.82) is 0 Å². The molecule has 32 heavy (non-hydrogen) atoms. The molecule has 0 bridgehead atoms. The van der Waals surface area contributed by atoms with Crippen LogP contribution in [-0.2, 0) is 4.79 Å². The molecule has 1 N–H and O–H groups in total. The molecule has 166 valence electrons. The first kappa shape index (κ1) is 23.1. The van der Waals surface area contributed by atoms with E-state index in [2.05, 4.69) is 10.5 Å². The second-order valence-electron chi connectivity index (χ2n) is 8.02. The fourth-order valence-corrected chi connectivity index (χ4v) is 3.34. The summed E-state index contributed by atoms with van der Waals surface area (Å²) in [6, 6.07) is 25.0. The molecule has 0 spiro atoms. The maximum absolute atomic E-state index is 13.1. The highest BCUT2D eigenvalue weighted by Crippen LogP contribution is 2.26. The van der Waals surface area contributed by atoms with Gasteiger partial charge in [0.15, 0.2) is 0 Å². The van der Waals surface area contributed by atoms with E-state index < -0.39 is 5.92 Å². The summed E-state index contributed by atoms with van der Waals surface area (Å²) in [6.07, 6.45) is 1.65. The highest BCUT2D eigenvalue weighted by molar-refractivity contribution is 5.89. The van der Waals surface area contributed by atoms with E-state index in [4.69, 9.17) is 9.47 Å². The van der Waals surface area contributed by atoms with E-state index in [9.17, 15) is 4.79 Å².